The normalized spacial score (nSPS) is 20.6. The highest BCUT2D eigenvalue weighted by atomic mass is 32.2. The highest BCUT2D eigenvalue weighted by Crippen LogP contribution is 2.20. The smallest absolute Gasteiger partial charge is 0.279 e. The van der Waals surface area contributed by atoms with E-state index in [-0.39, 0.29) is 12.6 Å². The van der Waals surface area contributed by atoms with Crippen LogP contribution in [0.2, 0.25) is 0 Å². The van der Waals surface area contributed by atoms with Crippen molar-refractivity contribution in [1.29, 1.82) is 0 Å². The molecular weight excluding hydrogens is 192 g/mol. The largest absolute Gasteiger partial charge is 0.392 e. The van der Waals surface area contributed by atoms with Crippen LogP contribution in [0.25, 0.3) is 0 Å². The molecule has 1 saturated carbocycles. The second-order valence-corrected chi connectivity index (χ2v) is 5.34. The van der Waals surface area contributed by atoms with Crippen LogP contribution in [0.5, 0.6) is 0 Å². The number of nitrogens with one attached hydrogen (secondary N) is 1. The molecule has 0 saturated heterocycles. The quantitative estimate of drug-likeness (QED) is 0.627. The Morgan fingerprint density at radius 3 is 2.54 bits per heavy atom. The maximum atomic E-state index is 11.4. The summed E-state index contributed by atoms with van der Waals surface area (Å²) in [6.45, 7) is 1.69. The van der Waals surface area contributed by atoms with Crippen molar-refractivity contribution in [2.45, 2.75) is 31.9 Å². The van der Waals surface area contributed by atoms with Crippen molar-refractivity contribution in [2.24, 2.45) is 0 Å². The Bertz CT molecular complexity index is 259. The molecule has 1 fully saturated rings. The molecule has 0 radical (unpaired) electrons. The lowest BCUT2D eigenvalue weighted by Gasteiger charge is -2.18. The molecule has 0 bridgehead atoms. The van der Waals surface area contributed by atoms with Crippen LogP contribution in [-0.2, 0) is 10.2 Å². The topological polar surface area (TPSA) is 69.6 Å². The van der Waals surface area contributed by atoms with Gasteiger partial charge in [0.05, 0.1) is 6.10 Å². The maximum absolute atomic E-state index is 11.4. The molecule has 0 aromatic carbocycles. The van der Waals surface area contributed by atoms with Crippen molar-refractivity contribution in [2.75, 3.05) is 13.6 Å². The molecule has 78 valence electrons. The number of nitrogens with zero attached hydrogens (tertiary/aromatic N) is 1. The summed E-state index contributed by atoms with van der Waals surface area (Å²) in [5.41, 5.74) is 0. The van der Waals surface area contributed by atoms with E-state index < -0.39 is 16.3 Å². The van der Waals surface area contributed by atoms with Gasteiger partial charge >= 0.3 is 0 Å². The maximum Gasteiger partial charge on any atom is 0.279 e. The molecule has 13 heavy (non-hydrogen) atoms. The zero-order valence-electron chi connectivity index (χ0n) is 7.90. The Hall–Kier alpha value is -0.170. The predicted molar refractivity (Wildman–Crippen MR) is 49.4 cm³/mol. The Morgan fingerprint density at radius 1 is 1.62 bits per heavy atom. The van der Waals surface area contributed by atoms with E-state index in [1.165, 1.54) is 7.05 Å². The molecule has 2 N–H and O–H groups in total. The van der Waals surface area contributed by atoms with Crippen LogP contribution in [-0.4, -0.2) is 43.6 Å². The van der Waals surface area contributed by atoms with Gasteiger partial charge in [-0.1, -0.05) is 0 Å². The zero-order chi connectivity index (χ0) is 10.1. The average molecular weight is 208 g/mol. The minimum atomic E-state index is -3.37. The lowest BCUT2D eigenvalue weighted by atomic mass is 10.4. The second-order valence-electron chi connectivity index (χ2n) is 3.53. The fraction of sp³-hybridized carbons (Fsp3) is 1.00. The van der Waals surface area contributed by atoms with Crippen molar-refractivity contribution < 1.29 is 13.5 Å². The van der Waals surface area contributed by atoms with Crippen LogP contribution in [0.4, 0.5) is 0 Å². The summed E-state index contributed by atoms with van der Waals surface area (Å²) in [7, 11) is -1.91. The number of aliphatic hydroxyl groups excluding tert-OH is 1. The number of hydrogen-bond acceptors (Lipinski definition) is 3. The van der Waals surface area contributed by atoms with E-state index >= 15 is 0 Å². The molecule has 1 rings (SSSR count). The van der Waals surface area contributed by atoms with Gasteiger partial charge in [-0.3, -0.25) is 0 Å². The molecular formula is C7H16N2O3S. The van der Waals surface area contributed by atoms with Gasteiger partial charge in [-0.2, -0.15) is 17.4 Å². The Labute approximate surface area is 78.9 Å². The number of rotatable bonds is 5. The van der Waals surface area contributed by atoms with Crippen LogP contribution in [0.15, 0.2) is 0 Å². The van der Waals surface area contributed by atoms with Crippen LogP contribution in [0.1, 0.15) is 19.8 Å². The SMILES string of the molecule is CC(O)CN(C)S(=O)(=O)NC1CC1. The van der Waals surface area contributed by atoms with E-state index in [2.05, 4.69) is 4.72 Å². The predicted octanol–water partition coefficient (Wildman–Crippen LogP) is -0.704. The standard InChI is InChI=1S/C7H16N2O3S/c1-6(10)5-9(2)13(11,12)8-7-3-4-7/h6-8,10H,3-5H2,1-2H3. The van der Waals surface area contributed by atoms with Gasteiger partial charge in [-0.25, -0.2) is 0 Å². The van der Waals surface area contributed by atoms with E-state index in [4.69, 9.17) is 5.11 Å². The molecule has 6 heteroatoms. The summed E-state index contributed by atoms with van der Waals surface area (Å²) in [4.78, 5) is 0. The highest BCUT2D eigenvalue weighted by molar-refractivity contribution is 7.87. The summed E-state index contributed by atoms with van der Waals surface area (Å²) < 4.78 is 26.5. The van der Waals surface area contributed by atoms with Crippen molar-refractivity contribution >= 4 is 10.2 Å². The highest BCUT2D eigenvalue weighted by Gasteiger charge is 2.29. The summed E-state index contributed by atoms with van der Waals surface area (Å²) in [5, 5.41) is 9.00. The lowest BCUT2D eigenvalue weighted by molar-refractivity contribution is 0.170. The molecule has 0 spiro atoms. The number of hydrogen-bond donors (Lipinski definition) is 2. The monoisotopic (exact) mass is 208 g/mol. The lowest BCUT2D eigenvalue weighted by Crippen LogP contribution is -2.42. The van der Waals surface area contributed by atoms with Crippen molar-refractivity contribution in [1.82, 2.24) is 9.03 Å². The van der Waals surface area contributed by atoms with Crippen LogP contribution in [0, 0.1) is 0 Å². The van der Waals surface area contributed by atoms with E-state index in [9.17, 15) is 8.42 Å². The number of likely N-dealkylation sites (N-methyl/N-ethyl adjacent to an activating group) is 1. The third-order valence-corrected chi connectivity index (χ3v) is 3.43. The molecule has 0 amide bonds. The number of aliphatic hydroxyl groups is 1. The molecule has 0 aromatic rings. The third kappa shape index (κ3) is 3.60. The van der Waals surface area contributed by atoms with Gasteiger partial charge in [0.1, 0.15) is 0 Å². The minimum Gasteiger partial charge on any atom is -0.392 e. The molecule has 1 atom stereocenters. The van der Waals surface area contributed by atoms with Crippen molar-refractivity contribution in [3.05, 3.63) is 0 Å². The van der Waals surface area contributed by atoms with Crippen LogP contribution in [0.3, 0.4) is 0 Å². The fourth-order valence-electron chi connectivity index (χ4n) is 0.972. The average Bonchev–Trinajstić information content (AvgIpc) is 2.69. The van der Waals surface area contributed by atoms with Gasteiger partial charge in [0.15, 0.2) is 0 Å². The van der Waals surface area contributed by atoms with Gasteiger partial charge in [0.2, 0.25) is 0 Å². The summed E-state index contributed by atoms with van der Waals surface area (Å²) in [6.07, 6.45) is 1.20. The van der Waals surface area contributed by atoms with E-state index in [0.29, 0.717) is 0 Å². The first-order chi connectivity index (χ1) is 5.92. The molecule has 0 aliphatic heterocycles. The zero-order valence-corrected chi connectivity index (χ0v) is 8.71. The van der Waals surface area contributed by atoms with Crippen molar-refractivity contribution in [3.8, 4) is 0 Å². The minimum absolute atomic E-state index is 0.112. The molecule has 1 unspecified atom stereocenters. The first kappa shape index (κ1) is 10.9. The third-order valence-electron chi connectivity index (χ3n) is 1.82. The first-order valence-electron chi connectivity index (χ1n) is 4.33. The Balaban J connectivity index is 2.46. The Morgan fingerprint density at radius 2 is 2.15 bits per heavy atom. The van der Waals surface area contributed by atoms with E-state index in [0.717, 1.165) is 17.1 Å². The second kappa shape index (κ2) is 3.91. The molecule has 1 aliphatic rings. The van der Waals surface area contributed by atoms with Crippen LogP contribution >= 0.6 is 0 Å². The van der Waals surface area contributed by atoms with Gasteiger partial charge in [-0.15, -0.1) is 0 Å². The van der Waals surface area contributed by atoms with Gasteiger partial charge in [0, 0.05) is 19.6 Å². The van der Waals surface area contributed by atoms with E-state index in [1.54, 1.807) is 6.92 Å². The van der Waals surface area contributed by atoms with Gasteiger partial charge < -0.3 is 5.11 Å². The summed E-state index contributed by atoms with van der Waals surface area (Å²) >= 11 is 0. The van der Waals surface area contributed by atoms with E-state index in [1.807, 2.05) is 0 Å². The molecule has 0 heterocycles. The fourth-order valence-corrected chi connectivity index (χ4v) is 2.22. The van der Waals surface area contributed by atoms with Gasteiger partial charge in [-0.05, 0) is 19.8 Å². The van der Waals surface area contributed by atoms with Crippen LogP contribution < -0.4 is 4.72 Å². The molecule has 0 aromatic heterocycles. The molecule has 5 nitrogen and oxygen atoms in total. The van der Waals surface area contributed by atoms with Crippen molar-refractivity contribution in [3.63, 3.8) is 0 Å². The first-order valence-corrected chi connectivity index (χ1v) is 5.77. The molecule has 1 aliphatic carbocycles. The Kier molecular flexibility index (Phi) is 3.28. The summed E-state index contributed by atoms with van der Waals surface area (Å²) in [5.74, 6) is 0. The van der Waals surface area contributed by atoms with Gasteiger partial charge in [0.25, 0.3) is 10.2 Å². The summed E-state index contributed by atoms with van der Waals surface area (Å²) in [6, 6.07) is 0.112.